The van der Waals surface area contributed by atoms with Crippen LogP contribution >= 0.6 is 0 Å². The number of rotatable bonds is 5. The SMILES string of the molecule is CC(C)C(C#N)C(=O)NCCc1ccnn1C. The summed E-state index contributed by atoms with van der Waals surface area (Å²) in [4.78, 5) is 11.7. The smallest absolute Gasteiger partial charge is 0.237 e. The van der Waals surface area contributed by atoms with Gasteiger partial charge in [0.1, 0.15) is 5.92 Å². The molecule has 1 amide bonds. The van der Waals surface area contributed by atoms with Crippen molar-refractivity contribution in [2.45, 2.75) is 20.3 Å². The molecule has 0 spiro atoms. The highest BCUT2D eigenvalue weighted by Crippen LogP contribution is 2.09. The van der Waals surface area contributed by atoms with E-state index >= 15 is 0 Å². The van der Waals surface area contributed by atoms with Crippen molar-refractivity contribution in [1.29, 1.82) is 5.26 Å². The number of hydrogen-bond acceptors (Lipinski definition) is 3. The number of carbonyl (C=O) groups is 1. The van der Waals surface area contributed by atoms with Crippen molar-refractivity contribution >= 4 is 5.91 Å². The minimum atomic E-state index is -0.568. The van der Waals surface area contributed by atoms with Gasteiger partial charge in [0.05, 0.1) is 6.07 Å². The van der Waals surface area contributed by atoms with E-state index in [2.05, 4.69) is 10.4 Å². The number of aryl methyl sites for hydroxylation is 1. The van der Waals surface area contributed by atoms with Gasteiger partial charge in [-0.2, -0.15) is 10.4 Å². The molecule has 17 heavy (non-hydrogen) atoms. The van der Waals surface area contributed by atoms with Crippen molar-refractivity contribution < 1.29 is 4.79 Å². The Kier molecular flexibility index (Phi) is 4.70. The summed E-state index contributed by atoms with van der Waals surface area (Å²) in [6, 6.07) is 3.94. The van der Waals surface area contributed by atoms with Crippen LogP contribution in [0.25, 0.3) is 0 Å². The van der Waals surface area contributed by atoms with Crippen molar-refractivity contribution in [3.63, 3.8) is 0 Å². The lowest BCUT2D eigenvalue weighted by molar-refractivity contribution is -0.124. The standard InChI is InChI=1S/C12H18N4O/c1-9(2)11(8-13)12(17)14-6-4-10-5-7-15-16(10)3/h5,7,9,11H,4,6H2,1-3H3,(H,14,17). The highest BCUT2D eigenvalue weighted by Gasteiger charge is 2.20. The topological polar surface area (TPSA) is 70.7 Å². The van der Waals surface area contributed by atoms with E-state index in [1.165, 1.54) is 0 Å². The second-order valence-corrected chi connectivity index (χ2v) is 4.34. The summed E-state index contributed by atoms with van der Waals surface area (Å²) in [5.74, 6) is -0.720. The van der Waals surface area contributed by atoms with Crippen LogP contribution in [-0.2, 0) is 18.3 Å². The molecule has 0 saturated heterocycles. The first kappa shape index (κ1) is 13.2. The van der Waals surface area contributed by atoms with Crippen molar-refractivity contribution in [3.05, 3.63) is 18.0 Å². The predicted octanol–water partition coefficient (Wildman–Crippen LogP) is 0.875. The number of amides is 1. The molecule has 1 atom stereocenters. The third-order valence-electron chi connectivity index (χ3n) is 2.69. The van der Waals surface area contributed by atoms with Gasteiger partial charge in [0.2, 0.25) is 5.91 Å². The molecule has 1 heterocycles. The molecular weight excluding hydrogens is 216 g/mol. The van der Waals surface area contributed by atoms with Gasteiger partial charge in [-0.1, -0.05) is 13.8 Å². The molecule has 1 aromatic rings. The van der Waals surface area contributed by atoms with Crippen LogP contribution < -0.4 is 5.32 Å². The first-order chi connectivity index (χ1) is 8.06. The molecule has 0 bridgehead atoms. The lowest BCUT2D eigenvalue weighted by Gasteiger charge is -2.12. The van der Waals surface area contributed by atoms with Gasteiger partial charge in [-0.15, -0.1) is 0 Å². The highest BCUT2D eigenvalue weighted by atomic mass is 16.1. The second kappa shape index (κ2) is 6.04. The number of nitriles is 1. The fraction of sp³-hybridized carbons (Fsp3) is 0.583. The second-order valence-electron chi connectivity index (χ2n) is 4.34. The molecule has 0 aliphatic carbocycles. The van der Waals surface area contributed by atoms with Crippen molar-refractivity contribution in [1.82, 2.24) is 15.1 Å². The minimum Gasteiger partial charge on any atom is -0.355 e. The van der Waals surface area contributed by atoms with Crippen LogP contribution in [0.4, 0.5) is 0 Å². The summed E-state index contributed by atoms with van der Waals surface area (Å²) in [6.07, 6.45) is 2.45. The quantitative estimate of drug-likeness (QED) is 0.822. The van der Waals surface area contributed by atoms with Crippen LogP contribution in [0.2, 0.25) is 0 Å². The lowest BCUT2D eigenvalue weighted by Crippen LogP contribution is -2.34. The van der Waals surface area contributed by atoms with Gasteiger partial charge < -0.3 is 5.32 Å². The van der Waals surface area contributed by atoms with Gasteiger partial charge in [0, 0.05) is 31.9 Å². The van der Waals surface area contributed by atoms with E-state index < -0.39 is 5.92 Å². The summed E-state index contributed by atoms with van der Waals surface area (Å²) < 4.78 is 1.77. The molecule has 0 aromatic carbocycles. The van der Waals surface area contributed by atoms with Gasteiger partial charge in [-0.25, -0.2) is 0 Å². The monoisotopic (exact) mass is 234 g/mol. The number of nitrogens with zero attached hydrogens (tertiary/aromatic N) is 3. The zero-order chi connectivity index (χ0) is 12.8. The molecule has 0 aliphatic rings. The van der Waals surface area contributed by atoms with Crippen LogP contribution in [0.5, 0.6) is 0 Å². The van der Waals surface area contributed by atoms with Gasteiger partial charge >= 0.3 is 0 Å². The van der Waals surface area contributed by atoms with E-state index in [1.54, 1.807) is 10.9 Å². The Morgan fingerprint density at radius 3 is 2.82 bits per heavy atom. The van der Waals surface area contributed by atoms with Crippen LogP contribution in [0, 0.1) is 23.2 Å². The normalized spacial score (nSPS) is 12.2. The van der Waals surface area contributed by atoms with Gasteiger partial charge in [-0.05, 0) is 12.0 Å². The molecule has 5 heteroatoms. The largest absolute Gasteiger partial charge is 0.355 e. The molecule has 0 radical (unpaired) electrons. The summed E-state index contributed by atoms with van der Waals surface area (Å²) in [7, 11) is 1.86. The fourth-order valence-electron chi connectivity index (χ4n) is 1.58. The number of carbonyl (C=O) groups excluding carboxylic acids is 1. The summed E-state index contributed by atoms with van der Waals surface area (Å²) >= 11 is 0. The Labute approximate surface area is 101 Å². The summed E-state index contributed by atoms with van der Waals surface area (Å²) in [6.45, 7) is 4.27. The molecule has 1 unspecified atom stereocenters. The van der Waals surface area contributed by atoms with Crippen molar-refractivity contribution in [2.24, 2.45) is 18.9 Å². The Hall–Kier alpha value is -1.83. The highest BCUT2D eigenvalue weighted by molar-refractivity contribution is 5.81. The van der Waals surface area contributed by atoms with Crippen molar-refractivity contribution in [2.75, 3.05) is 6.54 Å². The Balaban J connectivity index is 2.39. The Bertz CT molecular complexity index is 416. The fourth-order valence-corrected chi connectivity index (χ4v) is 1.58. The van der Waals surface area contributed by atoms with E-state index in [4.69, 9.17) is 5.26 Å². The van der Waals surface area contributed by atoms with Gasteiger partial charge in [0.25, 0.3) is 0 Å². The van der Waals surface area contributed by atoms with E-state index in [0.717, 1.165) is 12.1 Å². The van der Waals surface area contributed by atoms with Crippen LogP contribution in [0.15, 0.2) is 12.3 Å². The Morgan fingerprint density at radius 2 is 2.35 bits per heavy atom. The van der Waals surface area contributed by atoms with E-state index in [1.807, 2.05) is 33.0 Å². The maximum atomic E-state index is 11.7. The van der Waals surface area contributed by atoms with Gasteiger partial charge in [-0.3, -0.25) is 9.48 Å². The molecule has 1 N–H and O–H groups in total. The first-order valence-electron chi connectivity index (χ1n) is 5.70. The molecule has 0 saturated carbocycles. The Morgan fingerprint density at radius 1 is 1.65 bits per heavy atom. The van der Waals surface area contributed by atoms with E-state index in [9.17, 15) is 4.79 Å². The first-order valence-corrected chi connectivity index (χ1v) is 5.70. The average molecular weight is 234 g/mol. The number of hydrogen-bond donors (Lipinski definition) is 1. The number of nitrogens with one attached hydrogen (secondary N) is 1. The van der Waals surface area contributed by atoms with Crippen LogP contribution in [0.3, 0.4) is 0 Å². The zero-order valence-electron chi connectivity index (χ0n) is 10.5. The number of aromatic nitrogens is 2. The molecular formula is C12H18N4O. The maximum Gasteiger partial charge on any atom is 0.237 e. The predicted molar refractivity (Wildman–Crippen MR) is 63.9 cm³/mol. The van der Waals surface area contributed by atoms with E-state index in [0.29, 0.717) is 6.54 Å². The molecule has 0 aliphatic heterocycles. The third-order valence-corrected chi connectivity index (χ3v) is 2.69. The van der Waals surface area contributed by atoms with Gasteiger partial charge in [0.15, 0.2) is 0 Å². The average Bonchev–Trinajstić information content (AvgIpc) is 2.65. The van der Waals surface area contributed by atoms with Crippen molar-refractivity contribution in [3.8, 4) is 6.07 Å². The lowest BCUT2D eigenvalue weighted by atomic mass is 9.97. The zero-order valence-corrected chi connectivity index (χ0v) is 10.5. The maximum absolute atomic E-state index is 11.7. The minimum absolute atomic E-state index is 0.0386. The van der Waals surface area contributed by atoms with Crippen LogP contribution in [-0.4, -0.2) is 22.2 Å². The third kappa shape index (κ3) is 3.59. The van der Waals surface area contributed by atoms with E-state index in [-0.39, 0.29) is 11.8 Å². The summed E-state index contributed by atoms with van der Waals surface area (Å²) in [5, 5.41) is 15.7. The molecule has 1 rings (SSSR count). The summed E-state index contributed by atoms with van der Waals surface area (Å²) in [5.41, 5.74) is 1.06. The molecule has 0 fully saturated rings. The molecule has 5 nitrogen and oxygen atoms in total. The molecule has 92 valence electrons. The molecule has 1 aromatic heterocycles. The van der Waals surface area contributed by atoms with Crippen LogP contribution in [0.1, 0.15) is 19.5 Å².